The van der Waals surface area contributed by atoms with Gasteiger partial charge in [-0.2, -0.15) is 0 Å². The van der Waals surface area contributed by atoms with E-state index in [1.165, 1.54) is 0 Å². The lowest BCUT2D eigenvalue weighted by molar-refractivity contribution is 0.00279. The molecule has 15 heavy (non-hydrogen) atoms. The SMILES string of the molecule is CN(CC(F)F)CC1(CBr)CCOCC1. The topological polar surface area (TPSA) is 12.5 Å². The largest absolute Gasteiger partial charge is 0.381 e. The zero-order valence-electron chi connectivity index (χ0n) is 9.02. The van der Waals surface area contributed by atoms with Crippen molar-refractivity contribution in [3.8, 4) is 0 Å². The van der Waals surface area contributed by atoms with Crippen molar-refractivity contribution in [3.05, 3.63) is 0 Å². The molecular formula is C10H18BrF2NO. The Labute approximate surface area is 98.1 Å². The first-order chi connectivity index (χ1) is 7.08. The van der Waals surface area contributed by atoms with E-state index in [0.717, 1.165) is 31.4 Å². The standard InChI is InChI=1S/C10H18BrF2NO/c1-14(6-9(12)13)8-10(7-11)2-4-15-5-3-10/h9H,2-8H2,1H3. The molecule has 0 aromatic carbocycles. The van der Waals surface area contributed by atoms with E-state index >= 15 is 0 Å². The van der Waals surface area contributed by atoms with Gasteiger partial charge in [-0.15, -0.1) is 0 Å². The van der Waals surface area contributed by atoms with Crippen molar-refractivity contribution in [1.82, 2.24) is 4.90 Å². The van der Waals surface area contributed by atoms with Crippen LogP contribution in [0.25, 0.3) is 0 Å². The van der Waals surface area contributed by atoms with Gasteiger partial charge < -0.3 is 9.64 Å². The molecule has 90 valence electrons. The second-order valence-corrected chi connectivity index (χ2v) is 4.89. The molecule has 0 bridgehead atoms. The monoisotopic (exact) mass is 285 g/mol. The van der Waals surface area contributed by atoms with Crippen LogP contribution in [0.1, 0.15) is 12.8 Å². The Kier molecular flexibility index (Phi) is 5.43. The molecule has 0 N–H and O–H groups in total. The van der Waals surface area contributed by atoms with Gasteiger partial charge in [0.05, 0.1) is 6.54 Å². The molecule has 1 fully saturated rings. The quantitative estimate of drug-likeness (QED) is 0.719. The molecule has 0 unspecified atom stereocenters. The summed E-state index contributed by atoms with van der Waals surface area (Å²) >= 11 is 3.49. The number of hydrogen-bond acceptors (Lipinski definition) is 2. The van der Waals surface area contributed by atoms with Crippen LogP contribution < -0.4 is 0 Å². The Balaban J connectivity index is 2.43. The molecule has 0 aromatic heterocycles. The molecule has 0 aliphatic carbocycles. The van der Waals surface area contributed by atoms with Crippen LogP contribution in [0, 0.1) is 5.41 Å². The minimum Gasteiger partial charge on any atom is -0.381 e. The molecule has 0 saturated carbocycles. The van der Waals surface area contributed by atoms with Crippen LogP contribution in [-0.4, -0.2) is 50.0 Å². The van der Waals surface area contributed by atoms with Crippen LogP contribution in [0.2, 0.25) is 0 Å². The number of nitrogens with zero attached hydrogens (tertiary/aromatic N) is 1. The van der Waals surface area contributed by atoms with Crippen molar-refractivity contribution in [1.29, 1.82) is 0 Å². The third-order valence-electron chi connectivity index (χ3n) is 2.89. The van der Waals surface area contributed by atoms with Crippen molar-refractivity contribution < 1.29 is 13.5 Å². The summed E-state index contributed by atoms with van der Waals surface area (Å²) in [4.78, 5) is 1.72. The van der Waals surface area contributed by atoms with Crippen LogP contribution in [-0.2, 0) is 4.74 Å². The molecule has 1 rings (SSSR count). The van der Waals surface area contributed by atoms with Crippen LogP contribution in [0.3, 0.4) is 0 Å². The summed E-state index contributed by atoms with van der Waals surface area (Å²) in [5, 5.41) is 0.858. The molecule has 1 heterocycles. The second-order valence-electron chi connectivity index (χ2n) is 4.33. The van der Waals surface area contributed by atoms with Gasteiger partial charge in [-0.05, 0) is 25.3 Å². The molecule has 5 heteroatoms. The zero-order valence-corrected chi connectivity index (χ0v) is 10.6. The average molecular weight is 286 g/mol. The fourth-order valence-corrected chi connectivity index (χ4v) is 2.75. The normalized spacial score (nSPS) is 21.2. The number of alkyl halides is 3. The minimum atomic E-state index is -2.25. The summed E-state index contributed by atoms with van der Waals surface area (Å²) in [5.74, 6) is 0. The predicted octanol–water partition coefficient (Wildman–Crippen LogP) is 2.38. The van der Waals surface area contributed by atoms with E-state index in [2.05, 4.69) is 15.9 Å². The Bertz CT molecular complexity index is 186. The molecule has 1 aliphatic rings. The maximum atomic E-state index is 12.2. The van der Waals surface area contributed by atoms with Crippen molar-refractivity contribution >= 4 is 15.9 Å². The first-order valence-electron chi connectivity index (χ1n) is 5.18. The van der Waals surface area contributed by atoms with Gasteiger partial charge in [-0.25, -0.2) is 8.78 Å². The van der Waals surface area contributed by atoms with Crippen molar-refractivity contribution in [2.75, 3.05) is 38.7 Å². The fourth-order valence-electron chi connectivity index (χ4n) is 2.01. The van der Waals surface area contributed by atoms with Gasteiger partial charge in [0.15, 0.2) is 0 Å². The maximum absolute atomic E-state index is 12.2. The Morgan fingerprint density at radius 3 is 2.47 bits per heavy atom. The van der Waals surface area contributed by atoms with E-state index < -0.39 is 6.43 Å². The van der Waals surface area contributed by atoms with Gasteiger partial charge in [0.25, 0.3) is 6.43 Å². The first-order valence-corrected chi connectivity index (χ1v) is 6.30. The van der Waals surface area contributed by atoms with Crippen molar-refractivity contribution in [3.63, 3.8) is 0 Å². The summed E-state index contributed by atoms with van der Waals surface area (Å²) in [6.45, 7) is 2.06. The third kappa shape index (κ3) is 4.33. The first kappa shape index (κ1) is 13.3. The van der Waals surface area contributed by atoms with Crippen LogP contribution >= 0.6 is 15.9 Å². The fraction of sp³-hybridized carbons (Fsp3) is 1.00. The highest BCUT2D eigenvalue weighted by Gasteiger charge is 2.33. The zero-order chi connectivity index (χ0) is 11.3. The lowest BCUT2D eigenvalue weighted by Gasteiger charge is -2.38. The van der Waals surface area contributed by atoms with Gasteiger partial charge in [-0.1, -0.05) is 15.9 Å². The summed E-state index contributed by atoms with van der Waals surface area (Å²) in [5.41, 5.74) is 0.113. The predicted molar refractivity (Wildman–Crippen MR) is 59.8 cm³/mol. The lowest BCUT2D eigenvalue weighted by Crippen LogP contribution is -2.42. The number of rotatable bonds is 5. The van der Waals surface area contributed by atoms with E-state index in [9.17, 15) is 8.78 Å². The number of ether oxygens (including phenoxy) is 1. The molecule has 2 nitrogen and oxygen atoms in total. The van der Waals surface area contributed by atoms with Gasteiger partial charge in [0.2, 0.25) is 0 Å². The van der Waals surface area contributed by atoms with E-state index in [4.69, 9.17) is 4.74 Å². The molecule has 1 aliphatic heterocycles. The second kappa shape index (κ2) is 6.11. The highest BCUT2D eigenvalue weighted by molar-refractivity contribution is 9.09. The van der Waals surface area contributed by atoms with Crippen molar-refractivity contribution in [2.24, 2.45) is 5.41 Å². The minimum absolute atomic E-state index is 0.113. The molecule has 0 atom stereocenters. The molecule has 0 aromatic rings. The lowest BCUT2D eigenvalue weighted by atomic mass is 9.82. The van der Waals surface area contributed by atoms with Gasteiger partial charge in [0, 0.05) is 25.1 Å². The molecule has 0 radical (unpaired) electrons. The number of hydrogen-bond donors (Lipinski definition) is 0. The smallest absolute Gasteiger partial charge is 0.251 e. The van der Waals surface area contributed by atoms with Gasteiger partial charge in [-0.3, -0.25) is 0 Å². The van der Waals surface area contributed by atoms with Gasteiger partial charge in [0.1, 0.15) is 0 Å². The van der Waals surface area contributed by atoms with Gasteiger partial charge >= 0.3 is 0 Å². The maximum Gasteiger partial charge on any atom is 0.251 e. The molecule has 1 saturated heterocycles. The summed E-state index contributed by atoms with van der Waals surface area (Å²) in [6.07, 6.45) is -0.347. The van der Waals surface area contributed by atoms with E-state index in [1.807, 2.05) is 0 Å². The summed E-state index contributed by atoms with van der Waals surface area (Å²) < 4.78 is 29.7. The van der Waals surface area contributed by atoms with E-state index in [0.29, 0.717) is 6.54 Å². The highest BCUT2D eigenvalue weighted by atomic mass is 79.9. The Morgan fingerprint density at radius 2 is 2.00 bits per heavy atom. The molecular weight excluding hydrogens is 268 g/mol. The van der Waals surface area contributed by atoms with E-state index in [-0.39, 0.29) is 12.0 Å². The Morgan fingerprint density at radius 1 is 1.40 bits per heavy atom. The van der Waals surface area contributed by atoms with Crippen molar-refractivity contribution in [2.45, 2.75) is 19.3 Å². The van der Waals surface area contributed by atoms with Crippen LogP contribution in [0.5, 0.6) is 0 Å². The highest BCUT2D eigenvalue weighted by Crippen LogP contribution is 2.33. The molecule has 0 spiro atoms. The van der Waals surface area contributed by atoms with Crippen LogP contribution in [0.15, 0.2) is 0 Å². The molecule has 0 amide bonds. The van der Waals surface area contributed by atoms with Crippen LogP contribution in [0.4, 0.5) is 8.78 Å². The number of halogens is 3. The summed E-state index contributed by atoms with van der Waals surface area (Å²) in [7, 11) is 1.76. The third-order valence-corrected chi connectivity index (χ3v) is 4.08. The Hall–Kier alpha value is 0.260. The van der Waals surface area contributed by atoms with E-state index in [1.54, 1.807) is 11.9 Å². The summed E-state index contributed by atoms with van der Waals surface area (Å²) in [6, 6.07) is 0. The average Bonchev–Trinajstić information content (AvgIpc) is 2.17.